The van der Waals surface area contributed by atoms with Crippen LogP contribution in [0.15, 0.2) is 18.2 Å². The maximum atomic E-state index is 11.9. The van der Waals surface area contributed by atoms with Crippen LogP contribution in [0, 0.1) is 0 Å². The van der Waals surface area contributed by atoms with E-state index < -0.39 is 0 Å². The molecule has 1 fully saturated rings. The van der Waals surface area contributed by atoms with Crippen LogP contribution < -0.4 is 10.2 Å². The van der Waals surface area contributed by atoms with Crippen LogP contribution in [0.2, 0.25) is 5.02 Å². The van der Waals surface area contributed by atoms with Crippen molar-refractivity contribution in [1.82, 2.24) is 0 Å². The summed E-state index contributed by atoms with van der Waals surface area (Å²) in [5.41, 5.74) is 1.33. The molecule has 0 spiro atoms. The van der Waals surface area contributed by atoms with E-state index in [1.165, 1.54) is 11.8 Å². The van der Waals surface area contributed by atoms with Gasteiger partial charge < -0.3 is 10.2 Å². The number of carbonyl (C=O) groups excluding carboxylic acids is 2. The molecule has 2 rings (SSSR count). The van der Waals surface area contributed by atoms with E-state index in [1.54, 1.807) is 23.1 Å². The van der Waals surface area contributed by atoms with E-state index in [9.17, 15) is 9.59 Å². The van der Waals surface area contributed by atoms with Gasteiger partial charge in [-0.25, -0.2) is 0 Å². The van der Waals surface area contributed by atoms with Gasteiger partial charge in [0.15, 0.2) is 0 Å². The van der Waals surface area contributed by atoms with Gasteiger partial charge in [-0.05, 0) is 37.8 Å². The standard InChI is InChI=1S/C14H17ClN2O2S/c1-9(20-2)14(19)16-12-8-10(5-6-11(12)15)17-7-3-4-13(17)18/h5-6,8-9H,3-4,7H2,1-2H3,(H,16,19). The molecule has 6 heteroatoms. The molecule has 0 aromatic heterocycles. The molecule has 1 atom stereocenters. The molecule has 20 heavy (non-hydrogen) atoms. The van der Waals surface area contributed by atoms with E-state index in [4.69, 9.17) is 11.6 Å². The number of rotatable bonds is 4. The summed E-state index contributed by atoms with van der Waals surface area (Å²) in [5.74, 6) is 0.0198. The molecule has 1 aliphatic rings. The van der Waals surface area contributed by atoms with Crippen LogP contribution in [0.4, 0.5) is 11.4 Å². The molecule has 1 aromatic carbocycles. The van der Waals surface area contributed by atoms with Crippen LogP contribution in [0.3, 0.4) is 0 Å². The van der Waals surface area contributed by atoms with Crippen LogP contribution in [0.25, 0.3) is 0 Å². The van der Waals surface area contributed by atoms with Gasteiger partial charge >= 0.3 is 0 Å². The molecule has 0 radical (unpaired) electrons. The second-order valence-electron chi connectivity index (χ2n) is 4.68. The number of nitrogens with zero attached hydrogens (tertiary/aromatic N) is 1. The largest absolute Gasteiger partial charge is 0.324 e. The quantitative estimate of drug-likeness (QED) is 0.929. The van der Waals surface area contributed by atoms with Crippen molar-refractivity contribution in [2.75, 3.05) is 23.0 Å². The fourth-order valence-corrected chi connectivity index (χ4v) is 2.48. The third-order valence-corrected chi connectivity index (χ3v) is 4.57. The Labute approximate surface area is 127 Å². The second-order valence-corrected chi connectivity index (χ2v) is 6.27. The van der Waals surface area contributed by atoms with Gasteiger partial charge in [0, 0.05) is 18.7 Å². The summed E-state index contributed by atoms with van der Waals surface area (Å²) < 4.78 is 0. The number of anilines is 2. The lowest BCUT2D eigenvalue weighted by molar-refractivity contribution is -0.117. The summed E-state index contributed by atoms with van der Waals surface area (Å²) in [7, 11) is 0. The van der Waals surface area contributed by atoms with Gasteiger partial charge in [0.1, 0.15) is 0 Å². The fraction of sp³-hybridized carbons (Fsp3) is 0.429. The Bertz CT molecular complexity index is 536. The Kier molecular flexibility index (Phi) is 4.94. The minimum atomic E-state index is -0.150. The number of halogens is 1. The van der Waals surface area contributed by atoms with Crippen molar-refractivity contribution in [3.05, 3.63) is 23.2 Å². The molecule has 0 bridgehead atoms. The SMILES string of the molecule is CSC(C)C(=O)Nc1cc(N2CCCC2=O)ccc1Cl. The van der Waals surface area contributed by atoms with Crippen molar-refractivity contribution in [2.45, 2.75) is 25.0 Å². The van der Waals surface area contributed by atoms with Gasteiger partial charge in [0.2, 0.25) is 11.8 Å². The zero-order chi connectivity index (χ0) is 14.7. The summed E-state index contributed by atoms with van der Waals surface area (Å²) >= 11 is 7.57. The van der Waals surface area contributed by atoms with Crippen molar-refractivity contribution in [2.24, 2.45) is 0 Å². The first kappa shape index (κ1) is 15.2. The fourth-order valence-electron chi connectivity index (χ4n) is 2.04. The lowest BCUT2D eigenvalue weighted by Crippen LogP contribution is -2.25. The highest BCUT2D eigenvalue weighted by molar-refractivity contribution is 7.99. The molecule has 0 aliphatic carbocycles. The summed E-state index contributed by atoms with van der Waals surface area (Å²) in [6.45, 7) is 2.55. The first-order valence-electron chi connectivity index (χ1n) is 6.46. The summed E-state index contributed by atoms with van der Waals surface area (Å²) in [6.07, 6.45) is 3.33. The minimum absolute atomic E-state index is 0.0932. The lowest BCUT2D eigenvalue weighted by atomic mass is 10.2. The van der Waals surface area contributed by atoms with Gasteiger partial charge in [-0.2, -0.15) is 11.8 Å². The van der Waals surface area contributed by atoms with E-state index >= 15 is 0 Å². The molecule has 2 amide bonds. The first-order chi connectivity index (χ1) is 9.52. The van der Waals surface area contributed by atoms with Gasteiger partial charge in [0.25, 0.3) is 0 Å². The van der Waals surface area contributed by atoms with Crippen LogP contribution in [-0.2, 0) is 9.59 Å². The third kappa shape index (κ3) is 3.27. The zero-order valence-electron chi connectivity index (χ0n) is 11.5. The molecule has 1 aliphatic heterocycles. The molecule has 1 heterocycles. The smallest absolute Gasteiger partial charge is 0.237 e. The Hall–Kier alpha value is -1.20. The van der Waals surface area contributed by atoms with Crippen molar-refractivity contribution < 1.29 is 9.59 Å². The third-order valence-electron chi connectivity index (χ3n) is 3.32. The van der Waals surface area contributed by atoms with E-state index in [0.29, 0.717) is 17.1 Å². The zero-order valence-corrected chi connectivity index (χ0v) is 13.1. The second kappa shape index (κ2) is 6.50. The monoisotopic (exact) mass is 312 g/mol. The van der Waals surface area contributed by atoms with Crippen molar-refractivity contribution >= 4 is 46.6 Å². The topological polar surface area (TPSA) is 49.4 Å². The average Bonchev–Trinajstić information content (AvgIpc) is 2.86. The van der Waals surface area contributed by atoms with Gasteiger partial charge in [-0.3, -0.25) is 9.59 Å². The van der Waals surface area contributed by atoms with Gasteiger partial charge in [-0.15, -0.1) is 0 Å². The van der Waals surface area contributed by atoms with Crippen molar-refractivity contribution in [3.8, 4) is 0 Å². The van der Waals surface area contributed by atoms with Crippen LogP contribution in [0.5, 0.6) is 0 Å². The number of carbonyl (C=O) groups is 2. The Morgan fingerprint density at radius 1 is 1.50 bits per heavy atom. The maximum absolute atomic E-state index is 11.9. The number of nitrogens with one attached hydrogen (secondary N) is 1. The predicted octanol–water partition coefficient (Wildman–Crippen LogP) is 3.16. The molecule has 0 saturated carbocycles. The molecule has 1 saturated heterocycles. The number of hydrogen-bond donors (Lipinski definition) is 1. The molecule has 1 aromatic rings. The predicted molar refractivity (Wildman–Crippen MR) is 84.6 cm³/mol. The van der Waals surface area contributed by atoms with Crippen molar-refractivity contribution in [3.63, 3.8) is 0 Å². The highest BCUT2D eigenvalue weighted by Gasteiger charge is 2.22. The number of amides is 2. The van der Waals surface area contributed by atoms with E-state index in [0.717, 1.165) is 18.7 Å². The van der Waals surface area contributed by atoms with Crippen LogP contribution in [0.1, 0.15) is 19.8 Å². The van der Waals surface area contributed by atoms with Gasteiger partial charge in [-0.1, -0.05) is 11.6 Å². The minimum Gasteiger partial charge on any atom is -0.324 e. The summed E-state index contributed by atoms with van der Waals surface area (Å²) in [6, 6.07) is 5.28. The first-order valence-corrected chi connectivity index (χ1v) is 8.13. The summed E-state index contributed by atoms with van der Waals surface area (Å²) in [5, 5.41) is 3.13. The molecule has 108 valence electrons. The average molecular weight is 313 g/mol. The molecule has 1 unspecified atom stereocenters. The molecule has 1 N–H and O–H groups in total. The molecular weight excluding hydrogens is 296 g/mol. The van der Waals surface area contributed by atoms with Crippen molar-refractivity contribution in [1.29, 1.82) is 0 Å². The Morgan fingerprint density at radius 3 is 2.85 bits per heavy atom. The molecular formula is C14H17ClN2O2S. The van der Waals surface area contributed by atoms with E-state index in [-0.39, 0.29) is 17.1 Å². The highest BCUT2D eigenvalue weighted by atomic mass is 35.5. The Balaban J connectivity index is 2.20. The molecule has 4 nitrogen and oxygen atoms in total. The summed E-state index contributed by atoms with van der Waals surface area (Å²) in [4.78, 5) is 25.4. The maximum Gasteiger partial charge on any atom is 0.237 e. The number of benzene rings is 1. The lowest BCUT2D eigenvalue weighted by Gasteiger charge is -2.18. The Morgan fingerprint density at radius 2 is 2.25 bits per heavy atom. The van der Waals surface area contributed by atoms with E-state index in [1.807, 2.05) is 13.2 Å². The normalized spacial score (nSPS) is 16.4. The highest BCUT2D eigenvalue weighted by Crippen LogP contribution is 2.30. The van der Waals surface area contributed by atoms with E-state index in [2.05, 4.69) is 5.32 Å². The number of thioether (sulfide) groups is 1. The van der Waals surface area contributed by atoms with Gasteiger partial charge in [0.05, 0.1) is 16.0 Å². The van der Waals surface area contributed by atoms with Crippen LogP contribution in [-0.4, -0.2) is 29.9 Å². The van der Waals surface area contributed by atoms with Crippen LogP contribution >= 0.6 is 23.4 Å². The number of hydrogen-bond acceptors (Lipinski definition) is 3.